The van der Waals surface area contributed by atoms with Gasteiger partial charge in [0.15, 0.2) is 0 Å². The lowest BCUT2D eigenvalue weighted by Gasteiger charge is -2.31. The van der Waals surface area contributed by atoms with Gasteiger partial charge in [0, 0.05) is 18.0 Å². The van der Waals surface area contributed by atoms with E-state index >= 15 is 0 Å². The van der Waals surface area contributed by atoms with Crippen molar-refractivity contribution in [1.29, 1.82) is 0 Å². The minimum absolute atomic E-state index is 0.0295. The third kappa shape index (κ3) is 2.85. The molecule has 0 spiro atoms. The molecule has 0 unspecified atom stereocenters. The van der Waals surface area contributed by atoms with E-state index in [9.17, 15) is 4.79 Å². The summed E-state index contributed by atoms with van der Waals surface area (Å²) in [6.45, 7) is 3.74. The van der Waals surface area contributed by atoms with Crippen molar-refractivity contribution >= 4 is 5.91 Å². The molecule has 0 bridgehead atoms. The van der Waals surface area contributed by atoms with Crippen molar-refractivity contribution in [2.45, 2.75) is 51.7 Å². The van der Waals surface area contributed by atoms with E-state index in [2.05, 4.69) is 10.5 Å². The molecule has 17 heavy (non-hydrogen) atoms. The highest BCUT2D eigenvalue weighted by atomic mass is 16.5. The monoisotopic (exact) mass is 238 g/mol. The van der Waals surface area contributed by atoms with Crippen LogP contribution in [0.3, 0.4) is 0 Å². The number of carbonyl (C=O) groups excluding carboxylic acids is 1. The summed E-state index contributed by atoms with van der Waals surface area (Å²) in [5, 5.41) is 15.9. The first-order valence-corrected chi connectivity index (χ1v) is 5.95. The third-order valence-electron chi connectivity index (χ3n) is 3.26. The highest BCUT2D eigenvalue weighted by Gasteiger charge is 2.28. The molecule has 94 valence electrons. The van der Waals surface area contributed by atoms with Crippen LogP contribution in [0.5, 0.6) is 0 Å². The Hall–Kier alpha value is -1.36. The van der Waals surface area contributed by atoms with Crippen LogP contribution >= 0.6 is 0 Å². The van der Waals surface area contributed by atoms with Gasteiger partial charge in [-0.15, -0.1) is 0 Å². The topological polar surface area (TPSA) is 75.4 Å². The summed E-state index contributed by atoms with van der Waals surface area (Å²) in [5.41, 5.74) is 1.88. The minimum atomic E-state index is -0.233. The van der Waals surface area contributed by atoms with E-state index in [1.165, 1.54) is 0 Å². The molecule has 1 aliphatic rings. The molecule has 0 aromatic carbocycles. The SMILES string of the molecule is Cc1noc(C)c1CCC(=O)NC1CC(O)C1. The molecule has 1 aromatic heterocycles. The van der Waals surface area contributed by atoms with Crippen molar-refractivity contribution in [3.8, 4) is 0 Å². The minimum Gasteiger partial charge on any atom is -0.393 e. The lowest BCUT2D eigenvalue weighted by Crippen LogP contribution is -2.46. The molecule has 0 atom stereocenters. The number of nitrogens with zero attached hydrogens (tertiary/aromatic N) is 1. The fourth-order valence-electron chi connectivity index (χ4n) is 2.10. The zero-order valence-corrected chi connectivity index (χ0v) is 10.2. The molecule has 5 nitrogen and oxygen atoms in total. The number of amides is 1. The standard InChI is InChI=1S/C12H18N2O3/c1-7-11(8(2)17-14-7)3-4-12(16)13-9-5-10(15)6-9/h9-10,15H,3-6H2,1-2H3,(H,13,16). The van der Waals surface area contributed by atoms with Gasteiger partial charge in [-0.2, -0.15) is 0 Å². The van der Waals surface area contributed by atoms with Crippen LogP contribution in [-0.2, 0) is 11.2 Å². The Labute approximate surface area is 100 Å². The van der Waals surface area contributed by atoms with Gasteiger partial charge in [0.05, 0.1) is 11.8 Å². The second kappa shape index (κ2) is 4.87. The van der Waals surface area contributed by atoms with Gasteiger partial charge in [0.25, 0.3) is 0 Å². The molecular weight excluding hydrogens is 220 g/mol. The molecule has 2 rings (SSSR count). The predicted molar refractivity (Wildman–Crippen MR) is 61.5 cm³/mol. The molecule has 1 fully saturated rings. The van der Waals surface area contributed by atoms with Crippen LogP contribution in [0.1, 0.15) is 36.3 Å². The van der Waals surface area contributed by atoms with E-state index in [1.54, 1.807) is 0 Å². The Balaban J connectivity index is 1.76. The molecule has 2 N–H and O–H groups in total. The first-order chi connectivity index (χ1) is 8.06. The molecule has 1 heterocycles. The molecule has 0 radical (unpaired) electrons. The molecule has 1 amide bonds. The Kier molecular flexibility index (Phi) is 3.47. The Morgan fingerprint density at radius 2 is 2.24 bits per heavy atom. The second-order valence-corrected chi connectivity index (χ2v) is 4.69. The van der Waals surface area contributed by atoms with E-state index in [0.29, 0.717) is 25.7 Å². The molecular formula is C12H18N2O3. The van der Waals surface area contributed by atoms with Gasteiger partial charge in [0.1, 0.15) is 5.76 Å². The van der Waals surface area contributed by atoms with Crippen molar-refractivity contribution in [2.75, 3.05) is 0 Å². The number of nitrogens with one attached hydrogen (secondary N) is 1. The Bertz CT molecular complexity index is 388. The average molecular weight is 238 g/mol. The summed E-state index contributed by atoms with van der Waals surface area (Å²) < 4.78 is 5.04. The zero-order chi connectivity index (χ0) is 12.4. The summed E-state index contributed by atoms with van der Waals surface area (Å²) in [6.07, 6.45) is 2.22. The molecule has 0 aliphatic heterocycles. The number of aliphatic hydroxyl groups is 1. The van der Waals surface area contributed by atoms with Crippen LogP contribution in [0.2, 0.25) is 0 Å². The number of carbonyl (C=O) groups is 1. The summed E-state index contributed by atoms with van der Waals surface area (Å²) in [6, 6.07) is 0.155. The third-order valence-corrected chi connectivity index (χ3v) is 3.26. The molecule has 1 aromatic rings. The van der Waals surface area contributed by atoms with Gasteiger partial charge in [-0.25, -0.2) is 0 Å². The summed E-state index contributed by atoms with van der Waals surface area (Å²) >= 11 is 0. The normalized spacial score (nSPS) is 23.2. The maximum absolute atomic E-state index is 11.6. The van der Waals surface area contributed by atoms with E-state index in [1.807, 2.05) is 13.8 Å². The number of aliphatic hydroxyl groups excluding tert-OH is 1. The average Bonchev–Trinajstić information content (AvgIpc) is 2.54. The molecule has 0 saturated heterocycles. The van der Waals surface area contributed by atoms with Crippen molar-refractivity contribution < 1.29 is 14.4 Å². The van der Waals surface area contributed by atoms with E-state index in [-0.39, 0.29) is 18.1 Å². The lowest BCUT2D eigenvalue weighted by atomic mass is 9.89. The fourth-order valence-corrected chi connectivity index (χ4v) is 2.10. The summed E-state index contributed by atoms with van der Waals surface area (Å²) in [4.78, 5) is 11.6. The van der Waals surface area contributed by atoms with E-state index in [4.69, 9.17) is 9.63 Å². The number of rotatable bonds is 4. The van der Waals surface area contributed by atoms with Crippen molar-refractivity contribution in [3.05, 3.63) is 17.0 Å². The number of hydrogen-bond donors (Lipinski definition) is 2. The van der Waals surface area contributed by atoms with Gasteiger partial charge in [0.2, 0.25) is 5.91 Å². The van der Waals surface area contributed by atoms with Gasteiger partial charge in [-0.3, -0.25) is 4.79 Å². The number of aromatic nitrogens is 1. The van der Waals surface area contributed by atoms with Crippen LogP contribution in [0.4, 0.5) is 0 Å². The fraction of sp³-hybridized carbons (Fsp3) is 0.667. The molecule has 5 heteroatoms. The highest BCUT2D eigenvalue weighted by Crippen LogP contribution is 2.20. The summed E-state index contributed by atoms with van der Waals surface area (Å²) in [7, 11) is 0. The highest BCUT2D eigenvalue weighted by molar-refractivity contribution is 5.76. The molecule has 1 saturated carbocycles. The maximum Gasteiger partial charge on any atom is 0.220 e. The van der Waals surface area contributed by atoms with Gasteiger partial charge in [-0.05, 0) is 33.1 Å². The van der Waals surface area contributed by atoms with Crippen LogP contribution in [0.25, 0.3) is 0 Å². The van der Waals surface area contributed by atoms with Gasteiger partial charge in [-0.1, -0.05) is 5.16 Å². The van der Waals surface area contributed by atoms with Crippen LogP contribution < -0.4 is 5.32 Å². The number of hydrogen-bond acceptors (Lipinski definition) is 4. The van der Waals surface area contributed by atoms with Gasteiger partial charge >= 0.3 is 0 Å². The number of aryl methyl sites for hydroxylation is 2. The van der Waals surface area contributed by atoms with Crippen molar-refractivity contribution in [3.63, 3.8) is 0 Å². The Morgan fingerprint density at radius 1 is 1.53 bits per heavy atom. The molecule has 1 aliphatic carbocycles. The smallest absolute Gasteiger partial charge is 0.220 e. The zero-order valence-electron chi connectivity index (χ0n) is 10.2. The van der Waals surface area contributed by atoms with Crippen molar-refractivity contribution in [2.24, 2.45) is 0 Å². The Morgan fingerprint density at radius 3 is 2.76 bits per heavy atom. The van der Waals surface area contributed by atoms with Crippen LogP contribution in [0.15, 0.2) is 4.52 Å². The first-order valence-electron chi connectivity index (χ1n) is 5.95. The largest absolute Gasteiger partial charge is 0.393 e. The van der Waals surface area contributed by atoms with Gasteiger partial charge < -0.3 is 14.9 Å². The van der Waals surface area contributed by atoms with E-state index < -0.39 is 0 Å². The predicted octanol–water partition coefficient (Wildman–Crippen LogP) is 0.864. The van der Waals surface area contributed by atoms with Crippen LogP contribution in [0, 0.1) is 13.8 Å². The first kappa shape index (κ1) is 12.1. The van der Waals surface area contributed by atoms with E-state index in [0.717, 1.165) is 17.0 Å². The maximum atomic E-state index is 11.6. The lowest BCUT2D eigenvalue weighted by molar-refractivity contribution is -0.123. The summed E-state index contributed by atoms with van der Waals surface area (Å²) in [5.74, 6) is 0.816. The van der Waals surface area contributed by atoms with Crippen molar-refractivity contribution in [1.82, 2.24) is 10.5 Å². The second-order valence-electron chi connectivity index (χ2n) is 4.69. The van der Waals surface area contributed by atoms with Crippen LogP contribution in [-0.4, -0.2) is 28.3 Å². The quantitative estimate of drug-likeness (QED) is 0.816.